The molecule has 5 nitrogen and oxygen atoms in total. The van der Waals surface area contributed by atoms with Crippen LogP contribution in [-0.2, 0) is 11.2 Å². The largest absolute Gasteiger partial charge is 0.379 e. The number of carbonyl (C=O) groups excluding carboxylic acids is 1. The lowest BCUT2D eigenvalue weighted by atomic mass is 10.1. The summed E-state index contributed by atoms with van der Waals surface area (Å²) >= 11 is 3.32. The van der Waals surface area contributed by atoms with E-state index in [9.17, 15) is 4.79 Å². The van der Waals surface area contributed by atoms with Crippen molar-refractivity contribution in [2.45, 2.75) is 29.3 Å². The van der Waals surface area contributed by atoms with E-state index in [4.69, 9.17) is 0 Å². The van der Waals surface area contributed by atoms with Gasteiger partial charge in [0.2, 0.25) is 5.91 Å². The van der Waals surface area contributed by atoms with E-state index in [1.807, 2.05) is 18.5 Å². The summed E-state index contributed by atoms with van der Waals surface area (Å²) in [6, 6.07) is 4.45. The van der Waals surface area contributed by atoms with Gasteiger partial charge in [-0.25, -0.2) is 4.98 Å². The van der Waals surface area contributed by atoms with Crippen molar-refractivity contribution in [3.63, 3.8) is 0 Å². The number of carbonyl (C=O) groups is 1. The second-order valence-corrected chi connectivity index (χ2v) is 7.76. The Kier molecular flexibility index (Phi) is 3.90. The number of pyridine rings is 2. The minimum atomic E-state index is 0.0569. The van der Waals surface area contributed by atoms with Crippen LogP contribution in [0.3, 0.4) is 0 Å². The Bertz CT molecular complexity index is 781. The molecule has 0 aromatic carbocycles. The summed E-state index contributed by atoms with van der Waals surface area (Å²) in [7, 11) is 0. The third-order valence-corrected chi connectivity index (χ3v) is 5.99. The molecule has 4 heterocycles. The molecule has 1 amide bonds. The van der Waals surface area contributed by atoms with Crippen molar-refractivity contribution in [2.75, 3.05) is 22.1 Å². The Morgan fingerprint density at radius 1 is 1.22 bits per heavy atom. The normalized spacial score (nSPS) is 19.3. The van der Waals surface area contributed by atoms with Crippen LogP contribution in [0, 0.1) is 6.92 Å². The number of amides is 1. The Morgan fingerprint density at radius 2 is 2.13 bits per heavy atom. The number of nitrogens with zero attached hydrogens (tertiary/aromatic N) is 2. The molecular weight excluding hydrogens is 328 g/mol. The maximum atomic E-state index is 11.5. The van der Waals surface area contributed by atoms with Gasteiger partial charge in [0.1, 0.15) is 5.03 Å². The number of thioether (sulfide) groups is 2. The standard InChI is InChI=1S/C16H16N4OS2/c1-9-2-13-16(18-5-9)23-7-11(19-13)3-10-4-12-14(6-17-10)22-8-15(21)20-12/h2,4-6,11,19H,3,7-8H2,1H3,(H,20,21). The number of nitrogens with one attached hydrogen (secondary N) is 2. The molecule has 1 atom stereocenters. The van der Waals surface area contributed by atoms with E-state index in [1.54, 1.807) is 23.5 Å². The highest BCUT2D eigenvalue weighted by atomic mass is 32.2. The van der Waals surface area contributed by atoms with E-state index in [1.165, 1.54) is 0 Å². The Hall–Kier alpha value is -1.73. The van der Waals surface area contributed by atoms with Gasteiger partial charge in [0.05, 0.1) is 17.1 Å². The molecule has 2 aromatic rings. The van der Waals surface area contributed by atoms with Crippen LogP contribution in [-0.4, -0.2) is 33.4 Å². The van der Waals surface area contributed by atoms with Crippen molar-refractivity contribution in [1.82, 2.24) is 9.97 Å². The van der Waals surface area contributed by atoms with Crippen molar-refractivity contribution in [3.05, 3.63) is 35.8 Å². The molecule has 0 radical (unpaired) electrons. The zero-order valence-corrected chi connectivity index (χ0v) is 14.3. The fraction of sp³-hybridized carbons (Fsp3) is 0.312. The van der Waals surface area contributed by atoms with Crippen LogP contribution in [0.15, 0.2) is 34.4 Å². The van der Waals surface area contributed by atoms with Crippen LogP contribution in [0.5, 0.6) is 0 Å². The summed E-state index contributed by atoms with van der Waals surface area (Å²) in [4.78, 5) is 21.6. The fourth-order valence-electron chi connectivity index (χ4n) is 2.72. The second-order valence-electron chi connectivity index (χ2n) is 5.73. The first-order valence-corrected chi connectivity index (χ1v) is 9.42. The Balaban J connectivity index is 1.51. The predicted octanol–water partition coefficient (Wildman–Crippen LogP) is 2.96. The molecule has 0 spiro atoms. The smallest absolute Gasteiger partial charge is 0.234 e. The molecule has 0 saturated heterocycles. The summed E-state index contributed by atoms with van der Waals surface area (Å²) in [5.41, 5.74) is 4.14. The summed E-state index contributed by atoms with van der Waals surface area (Å²) in [6.07, 6.45) is 4.60. The molecule has 0 aliphatic carbocycles. The van der Waals surface area contributed by atoms with Crippen LogP contribution in [0.25, 0.3) is 0 Å². The second kappa shape index (κ2) is 6.05. The highest BCUT2D eigenvalue weighted by Gasteiger charge is 2.21. The lowest BCUT2D eigenvalue weighted by molar-refractivity contribution is -0.113. The number of fused-ring (bicyclic) bond motifs is 2. The molecule has 2 aliphatic rings. The van der Waals surface area contributed by atoms with Gasteiger partial charge in [0.25, 0.3) is 0 Å². The SMILES string of the molecule is Cc1cnc2c(c1)NC(Cc1cc3c(cn1)SCC(=O)N3)CS2. The van der Waals surface area contributed by atoms with Gasteiger partial charge in [-0.3, -0.25) is 9.78 Å². The number of rotatable bonds is 2. The van der Waals surface area contributed by atoms with Crippen molar-refractivity contribution in [3.8, 4) is 0 Å². The van der Waals surface area contributed by atoms with Crippen LogP contribution in [0.4, 0.5) is 11.4 Å². The van der Waals surface area contributed by atoms with Gasteiger partial charge in [0, 0.05) is 41.2 Å². The van der Waals surface area contributed by atoms with E-state index in [0.717, 1.165) is 44.7 Å². The van der Waals surface area contributed by atoms with E-state index < -0.39 is 0 Å². The van der Waals surface area contributed by atoms with Crippen molar-refractivity contribution in [1.29, 1.82) is 0 Å². The molecule has 4 rings (SSSR count). The van der Waals surface area contributed by atoms with E-state index in [-0.39, 0.29) is 5.91 Å². The lowest BCUT2D eigenvalue weighted by Gasteiger charge is -2.26. The van der Waals surface area contributed by atoms with Gasteiger partial charge < -0.3 is 10.6 Å². The summed E-state index contributed by atoms with van der Waals surface area (Å²) in [6.45, 7) is 2.05. The number of hydrogen-bond donors (Lipinski definition) is 2. The summed E-state index contributed by atoms with van der Waals surface area (Å²) < 4.78 is 0. The van der Waals surface area contributed by atoms with Crippen molar-refractivity contribution in [2.24, 2.45) is 0 Å². The minimum Gasteiger partial charge on any atom is -0.379 e. The number of hydrogen-bond acceptors (Lipinski definition) is 6. The zero-order valence-electron chi connectivity index (χ0n) is 12.6. The van der Waals surface area contributed by atoms with Gasteiger partial charge in [-0.2, -0.15) is 0 Å². The number of aryl methyl sites for hydroxylation is 1. The first kappa shape index (κ1) is 14.8. The van der Waals surface area contributed by atoms with E-state index in [2.05, 4.69) is 33.6 Å². The molecule has 23 heavy (non-hydrogen) atoms. The zero-order chi connectivity index (χ0) is 15.8. The predicted molar refractivity (Wildman–Crippen MR) is 94.4 cm³/mol. The maximum absolute atomic E-state index is 11.5. The monoisotopic (exact) mass is 344 g/mol. The molecule has 2 aliphatic heterocycles. The highest BCUT2D eigenvalue weighted by molar-refractivity contribution is 8.00. The van der Waals surface area contributed by atoms with Gasteiger partial charge in [-0.05, 0) is 24.6 Å². The summed E-state index contributed by atoms with van der Waals surface area (Å²) in [5, 5.41) is 7.55. The van der Waals surface area contributed by atoms with Gasteiger partial charge >= 0.3 is 0 Å². The van der Waals surface area contributed by atoms with Crippen LogP contribution in [0.2, 0.25) is 0 Å². The van der Waals surface area contributed by atoms with Crippen LogP contribution >= 0.6 is 23.5 Å². The highest BCUT2D eigenvalue weighted by Crippen LogP contribution is 2.34. The van der Waals surface area contributed by atoms with Crippen LogP contribution < -0.4 is 10.6 Å². The van der Waals surface area contributed by atoms with Gasteiger partial charge in [0.15, 0.2) is 0 Å². The van der Waals surface area contributed by atoms with Crippen molar-refractivity contribution < 1.29 is 4.79 Å². The summed E-state index contributed by atoms with van der Waals surface area (Å²) in [5.74, 6) is 1.49. The fourth-order valence-corrected chi connectivity index (χ4v) is 4.43. The maximum Gasteiger partial charge on any atom is 0.234 e. The molecule has 0 saturated carbocycles. The molecule has 0 fully saturated rings. The molecule has 2 N–H and O–H groups in total. The molecule has 2 aromatic heterocycles. The van der Waals surface area contributed by atoms with Gasteiger partial charge in [-0.15, -0.1) is 23.5 Å². The molecular formula is C16H16N4OS2. The third kappa shape index (κ3) is 3.16. The quantitative estimate of drug-likeness (QED) is 0.873. The molecule has 1 unspecified atom stereocenters. The first-order valence-electron chi connectivity index (χ1n) is 7.45. The molecule has 118 valence electrons. The lowest BCUT2D eigenvalue weighted by Crippen LogP contribution is -2.29. The Labute approximate surface area is 143 Å². The topological polar surface area (TPSA) is 66.9 Å². The average Bonchev–Trinajstić information content (AvgIpc) is 2.54. The van der Waals surface area contributed by atoms with E-state index in [0.29, 0.717) is 11.8 Å². The molecule has 7 heteroatoms. The van der Waals surface area contributed by atoms with Gasteiger partial charge in [-0.1, -0.05) is 0 Å². The first-order chi connectivity index (χ1) is 11.2. The van der Waals surface area contributed by atoms with E-state index >= 15 is 0 Å². The molecule has 0 bridgehead atoms. The average molecular weight is 344 g/mol. The number of anilines is 2. The Morgan fingerprint density at radius 3 is 3.04 bits per heavy atom. The van der Waals surface area contributed by atoms with Crippen molar-refractivity contribution >= 4 is 40.8 Å². The van der Waals surface area contributed by atoms with Crippen LogP contribution in [0.1, 0.15) is 11.3 Å². The number of aromatic nitrogens is 2. The third-order valence-electron chi connectivity index (χ3n) is 3.78. The minimum absolute atomic E-state index is 0.0569.